The van der Waals surface area contributed by atoms with E-state index < -0.39 is 5.91 Å². The standard InChI is InChI=1S/C23H34N4O4/c1-5-12-29-19-10-8-17(14-21(19)30-13-6-2)16(4)27-23(25-7-3)26-15-18-9-11-20(31-18)22(24)28/h8-11,14,16H,5-7,12-13,15H2,1-4H3,(H2,24,28)(H2,25,26,27). The average Bonchev–Trinajstić information content (AvgIpc) is 3.24. The van der Waals surface area contributed by atoms with Gasteiger partial charge in [-0.05, 0) is 56.5 Å². The van der Waals surface area contributed by atoms with Crippen LogP contribution in [0.5, 0.6) is 11.5 Å². The molecule has 2 rings (SSSR count). The van der Waals surface area contributed by atoms with Gasteiger partial charge in [0.15, 0.2) is 23.2 Å². The van der Waals surface area contributed by atoms with Crippen LogP contribution >= 0.6 is 0 Å². The summed E-state index contributed by atoms with van der Waals surface area (Å²) in [5, 5.41) is 6.61. The van der Waals surface area contributed by atoms with Crippen molar-refractivity contribution in [1.82, 2.24) is 10.6 Å². The van der Waals surface area contributed by atoms with E-state index in [1.54, 1.807) is 12.1 Å². The summed E-state index contributed by atoms with van der Waals surface area (Å²) in [7, 11) is 0. The zero-order chi connectivity index (χ0) is 22.6. The van der Waals surface area contributed by atoms with Crippen LogP contribution in [0, 0.1) is 0 Å². The van der Waals surface area contributed by atoms with E-state index in [-0.39, 0.29) is 18.3 Å². The van der Waals surface area contributed by atoms with Crippen LogP contribution in [0.2, 0.25) is 0 Å². The van der Waals surface area contributed by atoms with Crippen molar-refractivity contribution in [2.75, 3.05) is 19.8 Å². The first kappa shape index (κ1) is 24.1. The second-order valence-electron chi connectivity index (χ2n) is 7.09. The first-order valence-electron chi connectivity index (χ1n) is 10.8. The number of nitrogens with one attached hydrogen (secondary N) is 2. The number of aliphatic imine (C=N–C) groups is 1. The van der Waals surface area contributed by atoms with E-state index in [2.05, 4.69) is 36.4 Å². The number of benzene rings is 1. The summed E-state index contributed by atoms with van der Waals surface area (Å²) in [5.74, 6) is 2.23. The molecule has 170 valence electrons. The lowest BCUT2D eigenvalue weighted by Gasteiger charge is -2.20. The number of nitrogens with zero attached hydrogens (tertiary/aromatic N) is 1. The Labute approximate surface area is 184 Å². The van der Waals surface area contributed by atoms with Crippen LogP contribution in [-0.2, 0) is 6.54 Å². The van der Waals surface area contributed by atoms with Crippen LogP contribution in [0.1, 0.15) is 68.5 Å². The Morgan fingerprint density at radius 3 is 2.42 bits per heavy atom. The van der Waals surface area contributed by atoms with Gasteiger partial charge in [0, 0.05) is 6.54 Å². The molecule has 8 heteroatoms. The molecule has 1 atom stereocenters. The Bertz CT molecular complexity index is 863. The molecular formula is C23H34N4O4. The number of rotatable bonds is 12. The summed E-state index contributed by atoms with van der Waals surface area (Å²) in [5.41, 5.74) is 6.28. The Morgan fingerprint density at radius 1 is 1.10 bits per heavy atom. The summed E-state index contributed by atoms with van der Waals surface area (Å²) in [6.07, 6.45) is 1.86. The molecule has 0 saturated heterocycles. The zero-order valence-electron chi connectivity index (χ0n) is 18.9. The monoisotopic (exact) mass is 430 g/mol. The summed E-state index contributed by atoms with van der Waals surface area (Å²) < 4.78 is 17.1. The second-order valence-corrected chi connectivity index (χ2v) is 7.09. The number of hydrogen-bond acceptors (Lipinski definition) is 5. The van der Waals surface area contributed by atoms with E-state index in [0.29, 0.717) is 31.5 Å². The number of nitrogens with two attached hydrogens (primary N) is 1. The molecule has 4 N–H and O–H groups in total. The molecule has 0 bridgehead atoms. The summed E-state index contributed by atoms with van der Waals surface area (Å²) in [4.78, 5) is 15.7. The van der Waals surface area contributed by atoms with Crippen molar-refractivity contribution in [2.45, 2.75) is 53.1 Å². The molecule has 0 spiro atoms. The molecule has 1 amide bonds. The normalized spacial score (nSPS) is 12.3. The largest absolute Gasteiger partial charge is 0.490 e. The molecule has 0 radical (unpaired) electrons. The maximum absolute atomic E-state index is 11.2. The third-order valence-electron chi connectivity index (χ3n) is 4.39. The summed E-state index contributed by atoms with van der Waals surface area (Å²) in [6, 6.07) is 9.20. The van der Waals surface area contributed by atoms with Gasteiger partial charge in [-0.15, -0.1) is 0 Å². The molecule has 1 unspecified atom stereocenters. The highest BCUT2D eigenvalue weighted by Gasteiger charge is 2.13. The Kier molecular flexibility index (Phi) is 9.74. The molecule has 1 aromatic carbocycles. The molecule has 0 saturated carbocycles. The maximum Gasteiger partial charge on any atom is 0.284 e. The first-order valence-corrected chi connectivity index (χ1v) is 10.8. The topological polar surface area (TPSA) is 111 Å². The lowest BCUT2D eigenvalue weighted by Crippen LogP contribution is -2.38. The fourth-order valence-electron chi connectivity index (χ4n) is 2.81. The quantitative estimate of drug-likeness (QED) is 0.349. The van der Waals surface area contributed by atoms with Crippen molar-refractivity contribution in [3.63, 3.8) is 0 Å². The fraction of sp³-hybridized carbons (Fsp3) is 0.478. The van der Waals surface area contributed by atoms with Gasteiger partial charge in [-0.2, -0.15) is 0 Å². The lowest BCUT2D eigenvalue weighted by atomic mass is 10.1. The Morgan fingerprint density at radius 2 is 1.81 bits per heavy atom. The van der Waals surface area contributed by atoms with E-state index in [9.17, 15) is 4.79 Å². The van der Waals surface area contributed by atoms with Gasteiger partial charge in [0.05, 0.1) is 19.3 Å². The maximum atomic E-state index is 11.2. The lowest BCUT2D eigenvalue weighted by molar-refractivity contribution is 0.0972. The van der Waals surface area contributed by atoms with Crippen molar-refractivity contribution in [3.05, 3.63) is 47.4 Å². The van der Waals surface area contributed by atoms with E-state index in [4.69, 9.17) is 19.6 Å². The summed E-state index contributed by atoms with van der Waals surface area (Å²) >= 11 is 0. The van der Waals surface area contributed by atoms with Crippen LogP contribution in [0.3, 0.4) is 0 Å². The molecule has 1 aromatic heterocycles. The van der Waals surface area contributed by atoms with E-state index in [0.717, 1.165) is 29.9 Å². The first-order chi connectivity index (χ1) is 15.0. The van der Waals surface area contributed by atoms with Crippen molar-refractivity contribution in [2.24, 2.45) is 10.7 Å². The highest BCUT2D eigenvalue weighted by molar-refractivity contribution is 5.89. The second kappa shape index (κ2) is 12.5. The SMILES string of the molecule is CCCOc1ccc(C(C)NC(=NCc2ccc(C(N)=O)o2)NCC)cc1OCCC. The van der Waals surface area contributed by atoms with E-state index in [1.165, 1.54) is 0 Å². The van der Waals surface area contributed by atoms with Gasteiger partial charge in [0.2, 0.25) is 0 Å². The molecule has 31 heavy (non-hydrogen) atoms. The molecule has 0 aliphatic heterocycles. The van der Waals surface area contributed by atoms with Gasteiger partial charge in [-0.3, -0.25) is 4.79 Å². The smallest absolute Gasteiger partial charge is 0.284 e. The Hall–Kier alpha value is -3.16. The molecule has 0 aliphatic carbocycles. The van der Waals surface area contributed by atoms with Gasteiger partial charge in [0.25, 0.3) is 5.91 Å². The van der Waals surface area contributed by atoms with Crippen LogP contribution in [0.4, 0.5) is 0 Å². The number of ether oxygens (including phenoxy) is 2. The molecular weight excluding hydrogens is 396 g/mol. The number of primary amides is 1. The third kappa shape index (κ3) is 7.55. The molecule has 0 fully saturated rings. The minimum Gasteiger partial charge on any atom is -0.490 e. The third-order valence-corrected chi connectivity index (χ3v) is 4.39. The zero-order valence-corrected chi connectivity index (χ0v) is 18.9. The minimum atomic E-state index is -0.596. The van der Waals surface area contributed by atoms with Gasteiger partial charge >= 0.3 is 0 Å². The number of carbonyl (C=O) groups is 1. The molecule has 2 aromatic rings. The van der Waals surface area contributed by atoms with Gasteiger partial charge < -0.3 is 30.3 Å². The highest BCUT2D eigenvalue weighted by atomic mass is 16.5. The Balaban J connectivity index is 2.12. The highest BCUT2D eigenvalue weighted by Crippen LogP contribution is 2.31. The number of hydrogen-bond donors (Lipinski definition) is 3. The van der Waals surface area contributed by atoms with Crippen LogP contribution in [0.25, 0.3) is 0 Å². The summed E-state index contributed by atoms with van der Waals surface area (Å²) in [6.45, 7) is 10.5. The van der Waals surface area contributed by atoms with Crippen LogP contribution < -0.4 is 25.8 Å². The predicted octanol–water partition coefficient (Wildman–Crippen LogP) is 3.77. The molecule has 0 aliphatic rings. The number of carbonyl (C=O) groups excluding carboxylic acids is 1. The number of furan rings is 1. The minimum absolute atomic E-state index is 0.0280. The van der Waals surface area contributed by atoms with Gasteiger partial charge in [0.1, 0.15) is 12.3 Å². The number of amides is 1. The van der Waals surface area contributed by atoms with Crippen molar-refractivity contribution in [1.29, 1.82) is 0 Å². The predicted molar refractivity (Wildman–Crippen MR) is 122 cm³/mol. The number of guanidine groups is 1. The van der Waals surface area contributed by atoms with Crippen LogP contribution in [-0.4, -0.2) is 31.6 Å². The van der Waals surface area contributed by atoms with Crippen molar-refractivity contribution in [3.8, 4) is 11.5 Å². The van der Waals surface area contributed by atoms with Gasteiger partial charge in [-0.1, -0.05) is 19.9 Å². The van der Waals surface area contributed by atoms with Crippen molar-refractivity contribution < 1.29 is 18.7 Å². The fourth-order valence-corrected chi connectivity index (χ4v) is 2.81. The molecule has 1 heterocycles. The van der Waals surface area contributed by atoms with E-state index >= 15 is 0 Å². The van der Waals surface area contributed by atoms with E-state index in [1.807, 2.05) is 25.1 Å². The average molecular weight is 431 g/mol. The molecule has 8 nitrogen and oxygen atoms in total. The van der Waals surface area contributed by atoms with Gasteiger partial charge in [-0.25, -0.2) is 4.99 Å². The van der Waals surface area contributed by atoms with Crippen LogP contribution in [0.15, 0.2) is 39.7 Å². The van der Waals surface area contributed by atoms with Crippen molar-refractivity contribution >= 4 is 11.9 Å².